The first-order chi connectivity index (χ1) is 11.5. The van der Waals surface area contributed by atoms with Crippen molar-refractivity contribution in [1.29, 1.82) is 0 Å². The van der Waals surface area contributed by atoms with E-state index in [2.05, 4.69) is 36.1 Å². The molecule has 3 rings (SSSR count). The van der Waals surface area contributed by atoms with E-state index in [0.29, 0.717) is 19.1 Å². The molecule has 0 atom stereocenters. The zero-order chi connectivity index (χ0) is 17.1. The third-order valence-electron chi connectivity index (χ3n) is 4.41. The van der Waals surface area contributed by atoms with Crippen LogP contribution in [0.3, 0.4) is 0 Å². The van der Waals surface area contributed by atoms with Crippen molar-refractivity contribution in [3.8, 4) is 0 Å². The number of rotatable bonds is 7. The van der Waals surface area contributed by atoms with Crippen LogP contribution in [0.1, 0.15) is 35.5 Å². The highest BCUT2D eigenvalue weighted by molar-refractivity contribution is 5.78. The zero-order valence-electron chi connectivity index (χ0n) is 14.8. The van der Waals surface area contributed by atoms with Gasteiger partial charge in [0, 0.05) is 12.6 Å². The van der Waals surface area contributed by atoms with Crippen molar-refractivity contribution in [3.63, 3.8) is 0 Å². The Labute approximate surface area is 144 Å². The van der Waals surface area contributed by atoms with E-state index in [9.17, 15) is 4.79 Å². The molecule has 1 fully saturated rings. The molecule has 0 N–H and O–H groups in total. The summed E-state index contributed by atoms with van der Waals surface area (Å²) in [5.74, 6) is 1.94. The number of furan rings is 1. The molecular formula is C20H26N2O2. The van der Waals surface area contributed by atoms with Crippen LogP contribution in [0.5, 0.6) is 0 Å². The Morgan fingerprint density at radius 2 is 1.79 bits per heavy atom. The van der Waals surface area contributed by atoms with Crippen LogP contribution in [-0.4, -0.2) is 35.3 Å². The molecule has 1 heterocycles. The van der Waals surface area contributed by atoms with Gasteiger partial charge >= 0.3 is 0 Å². The summed E-state index contributed by atoms with van der Waals surface area (Å²) < 4.78 is 5.65. The molecule has 1 amide bonds. The Balaban J connectivity index is 1.57. The topological polar surface area (TPSA) is 36.7 Å². The van der Waals surface area contributed by atoms with E-state index in [1.807, 2.05) is 31.0 Å². The van der Waals surface area contributed by atoms with Gasteiger partial charge in [0.2, 0.25) is 5.91 Å². The molecule has 0 aliphatic heterocycles. The van der Waals surface area contributed by atoms with Gasteiger partial charge in [-0.2, -0.15) is 0 Å². The molecule has 0 saturated heterocycles. The fraction of sp³-hybridized carbons (Fsp3) is 0.450. The molecule has 4 heteroatoms. The fourth-order valence-corrected chi connectivity index (χ4v) is 2.93. The number of benzene rings is 1. The zero-order valence-corrected chi connectivity index (χ0v) is 14.8. The van der Waals surface area contributed by atoms with Crippen molar-refractivity contribution >= 4 is 5.91 Å². The summed E-state index contributed by atoms with van der Waals surface area (Å²) in [5.41, 5.74) is 2.49. The highest BCUT2D eigenvalue weighted by atomic mass is 16.3. The van der Waals surface area contributed by atoms with E-state index < -0.39 is 0 Å². The van der Waals surface area contributed by atoms with Crippen LogP contribution in [0, 0.1) is 13.8 Å². The molecule has 0 unspecified atom stereocenters. The minimum Gasteiger partial charge on any atom is -0.464 e. The number of carbonyl (C=O) groups is 1. The number of likely N-dealkylation sites (N-methyl/N-ethyl adjacent to an activating group) is 1. The summed E-state index contributed by atoms with van der Waals surface area (Å²) in [5, 5.41) is 0. The molecular weight excluding hydrogens is 300 g/mol. The van der Waals surface area contributed by atoms with Crippen LogP contribution in [0.15, 0.2) is 40.8 Å². The lowest BCUT2D eigenvalue weighted by Gasteiger charge is -2.25. The second-order valence-corrected chi connectivity index (χ2v) is 6.92. The fourth-order valence-electron chi connectivity index (χ4n) is 2.93. The second-order valence-electron chi connectivity index (χ2n) is 6.92. The Morgan fingerprint density at radius 1 is 1.08 bits per heavy atom. The van der Waals surface area contributed by atoms with Gasteiger partial charge < -0.3 is 9.32 Å². The van der Waals surface area contributed by atoms with E-state index in [0.717, 1.165) is 30.9 Å². The van der Waals surface area contributed by atoms with Gasteiger partial charge in [0.25, 0.3) is 0 Å². The summed E-state index contributed by atoms with van der Waals surface area (Å²) in [7, 11) is 2.00. The maximum absolute atomic E-state index is 12.7. The first-order valence-electron chi connectivity index (χ1n) is 8.60. The third kappa shape index (κ3) is 4.48. The summed E-state index contributed by atoms with van der Waals surface area (Å²) in [6.07, 6.45) is 2.21. The predicted octanol–water partition coefficient (Wildman–Crippen LogP) is 3.52. The molecule has 1 saturated carbocycles. The van der Waals surface area contributed by atoms with Gasteiger partial charge in [0.1, 0.15) is 11.5 Å². The Morgan fingerprint density at radius 3 is 2.38 bits per heavy atom. The maximum Gasteiger partial charge on any atom is 0.237 e. The smallest absolute Gasteiger partial charge is 0.237 e. The van der Waals surface area contributed by atoms with Crippen LogP contribution in [0.2, 0.25) is 0 Å². The molecule has 1 aliphatic carbocycles. The number of aryl methyl sites for hydroxylation is 2. The second kappa shape index (κ2) is 7.22. The maximum atomic E-state index is 12.7. The van der Waals surface area contributed by atoms with Crippen LogP contribution in [-0.2, 0) is 17.9 Å². The summed E-state index contributed by atoms with van der Waals surface area (Å²) >= 11 is 0. The minimum atomic E-state index is 0.182. The minimum absolute atomic E-state index is 0.182. The van der Waals surface area contributed by atoms with Crippen molar-refractivity contribution in [3.05, 3.63) is 59.0 Å². The van der Waals surface area contributed by atoms with E-state index in [1.54, 1.807) is 0 Å². The van der Waals surface area contributed by atoms with E-state index >= 15 is 0 Å². The van der Waals surface area contributed by atoms with Crippen molar-refractivity contribution in [2.24, 2.45) is 0 Å². The molecule has 0 radical (unpaired) electrons. The lowest BCUT2D eigenvalue weighted by Crippen LogP contribution is -2.39. The number of nitrogens with zero attached hydrogens (tertiary/aromatic N) is 2. The first kappa shape index (κ1) is 16.8. The average Bonchev–Trinajstić information content (AvgIpc) is 3.29. The molecule has 1 aliphatic rings. The number of hydrogen-bond acceptors (Lipinski definition) is 3. The molecule has 0 bridgehead atoms. The number of hydrogen-bond donors (Lipinski definition) is 0. The summed E-state index contributed by atoms with van der Waals surface area (Å²) in [6.45, 7) is 5.81. The molecule has 128 valence electrons. The van der Waals surface area contributed by atoms with Crippen LogP contribution in [0.25, 0.3) is 0 Å². The largest absolute Gasteiger partial charge is 0.464 e. The van der Waals surface area contributed by atoms with Crippen molar-refractivity contribution in [2.45, 2.75) is 45.8 Å². The van der Waals surface area contributed by atoms with Crippen LogP contribution in [0.4, 0.5) is 0 Å². The Bertz CT molecular complexity index is 686. The predicted molar refractivity (Wildman–Crippen MR) is 94.5 cm³/mol. The Hall–Kier alpha value is -2.07. The van der Waals surface area contributed by atoms with E-state index in [1.165, 1.54) is 11.1 Å². The van der Waals surface area contributed by atoms with E-state index in [4.69, 9.17) is 4.42 Å². The van der Waals surface area contributed by atoms with Gasteiger partial charge in [-0.25, -0.2) is 0 Å². The first-order valence-corrected chi connectivity index (χ1v) is 8.60. The van der Waals surface area contributed by atoms with Gasteiger partial charge in [-0.1, -0.05) is 29.8 Å². The lowest BCUT2D eigenvalue weighted by atomic mass is 10.1. The van der Waals surface area contributed by atoms with Crippen molar-refractivity contribution in [2.75, 3.05) is 13.6 Å². The van der Waals surface area contributed by atoms with Crippen LogP contribution < -0.4 is 0 Å². The SMILES string of the molecule is Cc1ccc(CN(C)CC(=O)N(Cc2ccc(C)o2)C2CC2)cc1. The molecule has 0 spiro atoms. The van der Waals surface area contributed by atoms with Gasteiger partial charge in [-0.15, -0.1) is 0 Å². The average molecular weight is 326 g/mol. The highest BCUT2D eigenvalue weighted by Gasteiger charge is 2.33. The summed E-state index contributed by atoms with van der Waals surface area (Å²) in [6, 6.07) is 12.8. The van der Waals surface area contributed by atoms with Gasteiger partial charge in [-0.3, -0.25) is 9.69 Å². The van der Waals surface area contributed by atoms with Gasteiger partial charge in [-0.05, 0) is 51.4 Å². The van der Waals surface area contributed by atoms with Crippen LogP contribution >= 0.6 is 0 Å². The van der Waals surface area contributed by atoms with Crippen molar-refractivity contribution < 1.29 is 9.21 Å². The van der Waals surface area contributed by atoms with Gasteiger partial charge in [0.05, 0.1) is 13.1 Å². The molecule has 1 aromatic heterocycles. The van der Waals surface area contributed by atoms with Gasteiger partial charge in [0.15, 0.2) is 0 Å². The molecule has 2 aromatic rings. The number of carbonyl (C=O) groups excluding carboxylic acids is 1. The quantitative estimate of drug-likeness (QED) is 0.781. The van der Waals surface area contributed by atoms with E-state index in [-0.39, 0.29) is 5.91 Å². The number of amides is 1. The Kier molecular flexibility index (Phi) is 5.05. The normalized spacial score (nSPS) is 14.2. The molecule has 4 nitrogen and oxygen atoms in total. The standard InChI is InChI=1S/C20H26N2O2/c1-15-4-7-17(8-5-15)12-21(3)14-20(23)22(18-9-10-18)13-19-11-6-16(2)24-19/h4-8,11,18H,9-10,12-14H2,1-3H3. The molecule has 1 aromatic carbocycles. The highest BCUT2D eigenvalue weighted by Crippen LogP contribution is 2.29. The molecule has 24 heavy (non-hydrogen) atoms. The summed E-state index contributed by atoms with van der Waals surface area (Å²) in [4.78, 5) is 16.8. The van der Waals surface area contributed by atoms with Crippen molar-refractivity contribution in [1.82, 2.24) is 9.80 Å². The third-order valence-corrected chi connectivity index (χ3v) is 4.41. The lowest BCUT2D eigenvalue weighted by molar-refractivity contribution is -0.133. The monoisotopic (exact) mass is 326 g/mol.